The number of hydrogen-bond acceptors (Lipinski definition) is 4. The number of ether oxygens (including phenoxy) is 2. The van der Waals surface area contributed by atoms with Gasteiger partial charge in [0.05, 0.1) is 19.9 Å². The highest BCUT2D eigenvalue weighted by molar-refractivity contribution is 5.97. The lowest BCUT2D eigenvalue weighted by atomic mass is 10.0. The minimum absolute atomic E-state index is 0.197. The maximum absolute atomic E-state index is 12.9. The van der Waals surface area contributed by atoms with Crippen molar-refractivity contribution >= 4 is 16.7 Å². The van der Waals surface area contributed by atoms with Crippen LogP contribution < -0.4 is 14.8 Å². The lowest BCUT2D eigenvalue weighted by Gasteiger charge is -2.12. The van der Waals surface area contributed by atoms with Crippen LogP contribution in [0.2, 0.25) is 0 Å². The first-order valence-corrected chi connectivity index (χ1v) is 10.1. The Bertz CT molecular complexity index is 1190. The SMILES string of the molecule is COc1ccc(Cc2nc(C(=O)NCc3ccccc3)cc3ccc(OC)cc23)cc1. The zero-order valence-electron chi connectivity index (χ0n) is 17.6. The van der Waals surface area contributed by atoms with E-state index in [2.05, 4.69) is 5.32 Å². The van der Waals surface area contributed by atoms with E-state index in [1.807, 2.05) is 78.9 Å². The molecule has 1 N–H and O–H groups in total. The van der Waals surface area contributed by atoms with E-state index >= 15 is 0 Å². The first kappa shape index (κ1) is 20.4. The van der Waals surface area contributed by atoms with Crippen molar-refractivity contribution in [2.45, 2.75) is 13.0 Å². The molecular formula is C26H24N2O3. The first-order valence-electron chi connectivity index (χ1n) is 10.1. The molecule has 5 nitrogen and oxygen atoms in total. The van der Waals surface area contributed by atoms with E-state index in [0.29, 0.717) is 18.7 Å². The standard InChI is InChI=1S/C26H24N2O3/c1-30-21-11-8-18(9-12-21)14-24-23-16-22(31-2)13-10-20(23)15-25(28-24)26(29)27-17-19-6-4-3-5-7-19/h3-13,15-16H,14,17H2,1-2H3,(H,27,29). The molecule has 0 saturated carbocycles. The Morgan fingerprint density at radius 3 is 2.26 bits per heavy atom. The van der Waals surface area contributed by atoms with Gasteiger partial charge in [-0.05, 0) is 46.8 Å². The normalized spacial score (nSPS) is 10.6. The summed E-state index contributed by atoms with van der Waals surface area (Å²) in [5.41, 5.74) is 3.35. The number of hydrogen-bond donors (Lipinski definition) is 1. The maximum atomic E-state index is 12.9. The molecule has 0 saturated heterocycles. The predicted octanol–water partition coefficient (Wildman–Crippen LogP) is 4.77. The van der Waals surface area contributed by atoms with Gasteiger partial charge < -0.3 is 14.8 Å². The van der Waals surface area contributed by atoms with Crippen LogP contribution in [-0.4, -0.2) is 25.1 Å². The molecule has 0 aliphatic rings. The number of aromatic nitrogens is 1. The summed E-state index contributed by atoms with van der Waals surface area (Å²) in [5.74, 6) is 1.36. The number of amides is 1. The van der Waals surface area contributed by atoms with Crippen LogP contribution in [0.25, 0.3) is 10.8 Å². The molecule has 0 aliphatic heterocycles. The molecular weight excluding hydrogens is 388 g/mol. The zero-order valence-corrected chi connectivity index (χ0v) is 17.6. The topological polar surface area (TPSA) is 60.5 Å². The molecule has 0 aliphatic carbocycles. The Kier molecular flexibility index (Phi) is 6.13. The van der Waals surface area contributed by atoms with Gasteiger partial charge in [0.1, 0.15) is 17.2 Å². The van der Waals surface area contributed by atoms with Crippen LogP contribution in [-0.2, 0) is 13.0 Å². The van der Waals surface area contributed by atoms with Crippen LogP contribution in [0.5, 0.6) is 11.5 Å². The second kappa shape index (κ2) is 9.30. The quantitative estimate of drug-likeness (QED) is 0.475. The van der Waals surface area contributed by atoms with Gasteiger partial charge in [-0.3, -0.25) is 4.79 Å². The van der Waals surface area contributed by atoms with Crippen LogP contribution in [0.15, 0.2) is 78.9 Å². The molecule has 0 radical (unpaired) electrons. The fourth-order valence-corrected chi connectivity index (χ4v) is 3.48. The molecule has 0 atom stereocenters. The number of fused-ring (bicyclic) bond motifs is 1. The molecule has 31 heavy (non-hydrogen) atoms. The van der Waals surface area contributed by atoms with Crippen molar-refractivity contribution in [3.05, 3.63) is 101 Å². The lowest BCUT2D eigenvalue weighted by molar-refractivity contribution is 0.0946. The third kappa shape index (κ3) is 4.83. The summed E-state index contributed by atoms with van der Waals surface area (Å²) in [5, 5.41) is 4.88. The van der Waals surface area contributed by atoms with Gasteiger partial charge in [-0.2, -0.15) is 0 Å². The summed E-state index contributed by atoms with van der Waals surface area (Å²) < 4.78 is 10.6. The van der Waals surface area contributed by atoms with Crippen molar-refractivity contribution in [2.24, 2.45) is 0 Å². The second-order valence-corrected chi connectivity index (χ2v) is 7.23. The highest BCUT2D eigenvalue weighted by Gasteiger charge is 2.14. The molecule has 0 fully saturated rings. The summed E-state index contributed by atoms with van der Waals surface area (Å²) in [6.07, 6.45) is 0.591. The summed E-state index contributed by atoms with van der Waals surface area (Å²) in [6.45, 7) is 0.454. The van der Waals surface area contributed by atoms with Crippen LogP contribution in [0, 0.1) is 0 Å². The minimum Gasteiger partial charge on any atom is -0.497 e. The molecule has 3 aromatic carbocycles. The highest BCUT2D eigenvalue weighted by Crippen LogP contribution is 2.26. The largest absolute Gasteiger partial charge is 0.497 e. The van der Waals surface area contributed by atoms with Crippen LogP contribution >= 0.6 is 0 Å². The van der Waals surface area contributed by atoms with Crippen molar-refractivity contribution in [1.82, 2.24) is 10.3 Å². The molecule has 0 spiro atoms. The fraction of sp³-hybridized carbons (Fsp3) is 0.154. The van der Waals surface area contributed by atoms with Gasteiger partial charge in [-0.25, -0.2) is 4.98 Å². The van der Waals surface area contributed by atoms with E-state index in [4.69, 9.17) is 14.5 Å². The third-order valence-corrected chi connectivity index (χ3v) is 5.18. The van der Waals surface area contributed by atoms with Crippen molar-refractivity contribution < 1.29 is 14.3 Å². The fourth-order valence-electron chi connectivity index (χ4n) is 3.48. The Morgan fingerprint density at radius 1 is 0.839 bits per heavy atom. The number of methoxy groups -OCH3 is 2. The van der Waals surface area contributed by atoms with Gasteiger partial charge in [0.2, 0.25) is 0 Å². The van der Waals surface area contributed by atoms with Crippen molar-refractivity contribution in [2.75, 3.05) is 14.2 Å². The van der Waals surface area contributed by atoms with Gasteiger partial charge in [0.15, 0.2) is 0 Å². The zero-order chi connectivity index (χ0) is 21.6. The van der Waals surface area contributed by atoms with Crippen LogP contribution in [0.4, 0.5) is 0 Å². The Morgan fingerprint density at radius 2 is 1.55 bits per heavy atom. The molecule has 4 aromatic rings. The van der Waals surface area contributed by atoms with Crippen molar-refractivity contribution in [3.8, 4) is 11.5 Å². The number of carbonyl (C=O) groups is 1. The molecule has 156 valence electrons. The van der Waals surface area contributed by atoms with E-state index in [1.165, 1.54) is 0 Å². The minimum atomic E-state index is -0.197. The molecule has 0 unspecified atom stereocenters. The summed E-state index contributed by atoms with van der Waals surface area (Å²) >= 11 is 0. The number of rotatable bonds is 7. The van der Waals surface area contributed by atoms with Gasteiger partial charge >= 0.3 is 0 Å². The van der Waals surface area contributed by atoms with Gasteiger partial charge in [0, 0.05) is 18.4 Å². The molecule has 1 heterocycles. The molecule has 1 aromatic heterocycles. The van der Waals surface area contributed by atoms with Crippen LogP contribution in [0.1, 0.15) is 27.3 Å². The van der Waals surface area contributed by atoms with E-state index in [1.54, 1.807) is 14.2 Å². The van der Waals surface area contributed by atoms with Gasteiger partial charge in [0.25, 0.3) is 5.91 Å². The number of pyridine rings is 1. The summed E-state index contributed by atoms with van der Waals surface area (Å²) in [6, 6.07) is 25.3. The Labute approximate surface area is 181 Å². The number of benzene rings is 3. The van der Waals surface area contributed by atoms with E-state index in [0.717, 1.165) is 39.1 Å². The van der Waals surface area contributed by atoms with Crippen molar-refractivity contribution in [3.63, 3.8) is 0 Å². The van der Waals surface area contributed by atoms with Gasteiger partial charge in [-0.15, -0.1) is 0 Å². The van der Waals surface area contributed by atoms with E-state index < -0.39 is 0 Å². The average molecular weight is 412 g/mol. The number of nitrogens with one attached hydrogen (secondary N) is 1. The monoisotopic (exact) mass is 412 g/mol. The average Bonchev–Trinajstić information content (AvgIpc) is 2.83. The molecule has 5 heteroatoms. The smallest absolute Gasteiger partial charge is 0.270 e. The highest BCUT2D eigenvalue weighted by atomic mass is 16.5. The molecule has 1 amide bonds. The predicted molar refractivity (Wildman–Crippen MR) is 122 cm³/mol. The molecule has 0 bridgehead atoms. The first-order chi connectivity index (χ1) is 15.2. The number of nitrogens with zero attached hydrogens (tertiary/aromatic N) is 1. The summed E-state index contributed by atoms with van der Waals surface area (Å²) in [4.78, 5) is 17.6. The summed E-state index contributed by atoms with van der Waals surface area (Å²) in [7, 11) is 3.29. The lowest BCUT2D eigenvalue weighted by Crippen LogP contribution is -2.24. The third-order valence-electron chi connectivity index (χ3n) is 5.18. The maximum Gasteiger partial charge on any atom is 0.270 e. The molecule has 4 rings (SSSR count). The van der Waals surface area contributed by atoms with Gasteiger partial charge in [-0.1, -0.05) is 48.5 Å². The second-order valence-electron chi connectivity index (χ2n) is 7.23. The van der Waals surface area contributed by atoms with Crippen LogP contribution in [0.3, 0.4) is 0 Å². The van der Waals surface area contributed by atoms with Crippen molar-refractivity contribution in [1.29, 1.82) is 0 Å². The number of carbonyl (C=O) groups excluding carboxylic acids is 1. The van der Waals surface area contributed by atoms with E-state index in [-0.39, 0.29) is 5.91 Å². The Hall–Kier alpha value is -3.86. The van der Waals surface area contributed by atoms with E-state index in [9.17, 15) is 4.79 Å². The Balaban J connectivity index is 1.66.